The van der Waals surface area contributed by atoms with E-state index in [-0.39, 0.29) is 5.60 Å². The number of hydrogen-bond donors (Lipinski definition) is 1. The van der Waals surface area contributed by atoms with Gasteiger partial charge in [-0.1, -0.05) is 6.07 Å². The highest BCUT2D eigenvalue weighted by atomic mass is 16.5. The molecule has 4 rings (SSSR count). The molecule has 5 heteroatoms. The van der Waals surface area contributed by atoms with Gasteiger partial charge < -0.3 is 10.1 Å². The number of hydrogen-bond acceptors (Lipinski definition) is 5. The lowest BCUT2D eigenvalue weighted by Crippen LogP contribution is -2.45. The Morgan fingerprint density at radius 1 is 1.17 bits per heavy atom. The molecule has 1 N–H and O–H groups in total. The summed E-state index contributed by atoms with van der Waals surface area (Å²) in [6.07, 6.45) is 8.51. The van der Waals surface area contributed by atoms with Crippen LogP contribution in [0.3, 0.4) is 0 Å². The Morgan fingerprint density at radius 2 is 2.09 bits per heavy atom. The first kappa shape index (κ1) is 14.6. The Kier molecular flexibility index (Phi) is 3.73. The third-order valence-corrected chi connectivity index (χ3v) is 5.10. The molecule has 0 aromatic carbocycles. The van der Waals surface area contributed by atoms with E-state index in [1.54, 1.807) is 6.20 Å². The predicted octanol–water partition coefficient (Wildman–Crippen LogP) is 3.01. The average molecular weight is 310 g/mol. The first-order valence-corrected chi connectivity index (χ1v) is 8.40. The van der Waals surface area contributed by atoms with E-state index >= 15 is 0 Å². The Bertz CT molecular complexity index is 692. The summed E-state index contributed by atoms with van der Waals surface area (Å²) in [5.74, 6) is 1.69. The summed E-state index contributed by atoms with van der Waals surface area (Å²) >= 11 is 0. The van der Waals surface area contributed by atoms with Crippen LogP contribution >= 0.6 is 0 Å². The number of pyridine rings is 1. The second-order valence-electron chi connectivity index (χ2n) is 6.48. The van der Waals surface area contributed by atoms with Crippen molar-refractivity contribution >= 4 is 5.82 Å². The first-order valence-electron chi connectivity index (χ1n) is 8.40. The Balaban J connectivity index is 1.64. The van der Waals surface area contributed by atoms with Gasteiger partial charge in [-0.2, -0.15) is 0 Å². The lowest BCUT2D eigenvalue weighted by molar-refractivity contribution is -0.0601. The number of nitrogens with one attached hydrogen (secondary N) is 1. The van der Waals surface area contributed by atoms with Crippen LogP contribution in [0, 0.1) is 0 Å². The normalized spacial score (nSPS) is 18.3. The van der Waals surface area contributed by atoms with Gasteiger partial charge >= 0.3 is 0 Å². The van der Waals surface area contributed by atoms with Gasteiger partial charge in [-0.15, -0.1) is 0 Å². The van der Waals surface area contributed by atoms with Crippen LogP contribution in [-0.4, -0.2) is 34.2 Å². The highest BCUT2D eigenvalue weighted by Crippen LogP contribution is 2.36. The Morgan fingerprint density at radius 3 is 2.78 bits per heavy atom. The zero-order valence-electron chi connectivity index (χ0n) is 13.5. The largest absolute Gasteiger partial charge is 0.376 e. The molecule has 5 nitrogen and oxygen atoms in total. The van der Waals surface area contributed by atoms with Crippen LogP contribution in [0.15, 0.2) is 24.4 Å². The van der Waals surface area contributed by atoms with Crippen molar-refractivity contribution < 1.29 is 4.74 Å². The summed E-state index contributed by atoms with van der Waals surface area (Å²) < 4.78 is 5.71. The molecule has 120 valence electrons. The maximum absolute atomic E-state index is 5.71. The zero-order valence-corrected chi connectivity index (χ0v) is 13.5. The van der Waals surface area contributed by atoms with E-state index in [1.807, 2.05) is 25.3 Å². The quantitative estimate of drug-likeness (QED) is 0.920. The fourth-order valence-electron chi connectivity index (χ4n) is 3.46. The first-order chi connectivity index (χ1) is 11.3. The van der Waals surface area contributed by atoms with Gasteiger partial charge in [0.15, 0.2) is 5.82 Å². The van der Waals surface area contributed by atoms with Gasteiger partial charge in [0.05, 0.1) is 5.60 Å². The maximum atomic E-state index is 5.71. The smallest absolute Gasteiger partial charge is 0.180 e. The third-order valence-electron chi connectivity index (χ3n) is 5.10. The van der Waals surface area contributed by atoms with Crippen LogP contribution in [0.4, 0.5) is 5.82 Å². The molecule has 0 amide bonds. The van der Waals surface area contributed by atoms with Gasteiger partial charge in [-0.05, 0) is 50.7 Å². The van der Waals surface area contributed by atoms with E-state index in [1.165, 1.54) is 17.7 Å². The van der Waals surface area contributed by atoms with E-state index in [2.05, 4.69) is 10.3 Å². The minimum atomic E-state index is -0.0123. The van der Waals surface area contributed by atoms with Gasteiger partial charge in [0.2, 0.25) is 0 Å². The number of aryl methyl sites for hydroxylation is 1. The van der Waals surface area contributed by atoms with Crippen LogP contribution in [0.25, 0.3) is 11.5 Å². The number of fused-ring (bicyclic) bond motifs is 1. The molecule has 1 fully saturated rings. The molecule has 1 saturated carbocycles. The van der Waals surface area contributed by atoms with E-state index in [0.717, 1.165) is 50.2 Å². The number of nitrogens with zero attached hydrogens (tertiary/aromatic N) is 3. The molecule has 2 aromatic rings. The van der Waals surface area contributed by atoms with Crippen molar-refractivity contribution in [2.24, 2.45) is 0 Å². The average Bonchev–Trinajstić information content (AvgIpc) is 3.03. The number of aromatic nitrogens is 3. The molecule has 2 heterocycles. The van der Waals surface area contributed by atoms with Crippen LogP contribution in [-0.2, 0) is 17.6 Å². The Labute approximate surface area is 136 Å². The summed E-state index contributed by atoms with van der Waals surface area (Å²) in [6.45, 7) is 0.814. The third kappa shape index (κ3) is 2.70. The van der Waals surface area contributed by atoms with Gasteiger partial charge in [-0.3, -0.25) is 4.98 Å². The number of ether oxygens (including phenoxy) is 1. The summed E-state index contributed by atoms with van der Waals surface area (Å²) in [5, 5.41) is 3.54. The van der Waals surface area contributed by atoms with Crippen molar-refractivity contribution in [3.63, 3.8) is 0 Å². The molecule has 2 aromatic heterocycles. The fraction of sp³-hybridized carbons (Fsp3) is 0.500. The van der Waals surface area contributed by atoms with Crippen molar-refractivity contribution in [1.29, 1.82) is 0 Å². The highest BCUT2D eigenvalue weighted by molar-refractivity contribution is 5.57. The predicted molar refractivity (Wildman–Crippen MR) is 89.4 cm³/mol. The zero-order chi connectivity index (χ0) is 15.7. The minimum absolute atomic E-state index is 0.0123. The molecule has 0 saturated heterocycles. The highest BCUT2D eigenvalue weighted by Gasteiger charge is 2.37. The van der Waals surface area contributed by atoms with Crippen LogP contribution in [0.2, 0.25) is 0 Å². The molecule has 2 aliphatic rings. The molecule has 0 aliphatic heterocycles. The summed E-state index contributed by atoms with van der Waals surface area (Å²) in [5.41, 5.74) is 3.26. The molecule has 0 radical (unpaired) electrons. The molecule has 0 atom stereocenters. The minimum Gasteiger partial charge on any atom is -0.376 e. The van der Waals surface area contributed by atoms with Crippen molar-refractivity contribution in [3.05, 3.63) is 35.7 Å². The molecule has 0 bridgehead atoms. The molecule has 0 unspecified atom stereocenters. The standard InChI is InChI=1S/C18H22N4O/c1-23-18(9-5-10-18)12-20-16-13-6-4-8-14(13)21-17(22-16)15-7-2-3-11-19-15/h2-3,7,11H,4-6,8-10,12H2,1H3,(H,20,21,22). The van der Waals surface area contributed by atoms with Crippen molar-refractivity contribution in [2.75, 3.05) is 19.0 Å². The Hall–Kier alpha value is -2.01. The van der Waals surface area contributed by atoms with Gasteiger partial charge in [0, 0.05) is 31.1 Å². The topological polar surface area (TPSA) is 59.9 Å². The monoisotopic (exact) mass is 310 g/mol. The number of rotatable bonds is 5. The van der Waals surface area contributed by atoms with Crippen molar-refractivity contribution in [1.82, 2.24) is 15.0 Å². The van der Waals surface area contributed by atoms with Gasteiger partial charge in [0.25, 0.3) is 0 Å². The van der Waals surface area contributed by atoms with E-state index in [9.17, 15) is 0 Å². The molecule has 0 spiro atoms. The van der Waals surface area contributed by atoms with Gasteiger partial charge in [-0.25, -0.2) is 9.97 Å². The summed E-state index contributed by atoms with van der Waals surface area (Å²) in [4.78, 5) is 13.9. The maximum Gasteiger partial charge on any atom is 0.180 e. The SMILES string of the molecule is COC1(CNc2nc(-c3ccccn3)nc3c2CCC3)CCC1. The van der Waals surface area contributed by atoms with Crippen molar-refractivity contribution in [2.45, 2.75) is 44.1 Å². The lowest BCUT2D eigenvalue weighted by atomic mass is 9.80. The summed E-state index contributed by atoms with van der Waals surface area (Å²) in [6, 6.07) is 5.85. The van der Waals surface area contributed by atoms with E-state index < -0.39 is 0 Å². The second-order valence-corrected chi connectivity index (χ2v) is 6.48. The number of anilines is 1. The second kappa shape index (κ2) is 5.89. The van der Waals surface area contributed by atoms with Crippen molar-refractivity contribution in [3.8, 4) is 11.5 Å². The van der Waals surface area contributed by atoms with Gasteiger partial charge in [0.1, 0.15) is 11.5 Å². The van der Waals surface area contributed by atoms with E-state index in [4.69, 9.17) is 14.7 Å². The number of methoxy groups -OCH3 is 1. The van der Waals surface area contributed by atoms with E-state index in [0.29, 0.717) is 5.82 Å². The molecular weight excluding hydrogens is 288 g/mol. The van der Waals surface area contributed by atoms with Crippen LogP contribution in [0.1, 0.15) is 36.9 Å². The van der Waals surface area contributed by atoms with Crippen LogP contribution in [0.5, 0.6) is 0 Å². The fourth-order valence-corrected chi connectivity index (χ4v) is 3.46. The molecule has 23 heavy (non-hydrogen) atoms. The van der Waals surface area contributed by atoms with Crippen LogP contribution < -0.4 is 5.32 Å². The summed E-state index contributed by atoms with van der Waals surface area (Å²) in [7, 11) is 1.81. The molecule has 2 aliphatic carbocycles. The lowest BCUT2D eigenvalue weighted by Gasteiger charge is -2.40. The molecular formula is C18H22N4O.